The average Bonchev–Trinajstić information content (AvgIpc) is 2.17. The largest absolute Gasteiger partial charge is 0.418 e. The molecule has 0 aliphatic carbocycles. The highest BCUT2D eigenvalue weighted by Gasteiger charge is 2.28. The fourth-order valence-corrected chi connectivity index (χ4v) is 2.16. The van der Waals surface area contributed by atoms with Crippen LogP contribution in [0.15, 0.2) is 30.3 Å². The lowest BCUT2D eigenvalue weighted by molar-refractivity contribution is 0.0469. The molecule has 1 atom stereocenters. The van der Waals surface area contributed by atoms with Crippen LogP contribution >= 0.6 is 0 Å². The third-order valence-electron chi connectivity index (χ3n) is 2.87. The molecule has 1 nitrogen and oxygen atoms in total. The summed E-state index contributed by atoms with van der Waals surface area (Å²) in [5, 5.41) is 0. The van der Waals surface area contributed by atoms with Gasteiger partial charge >= 0.3 is 0 Å². The molecule has 72 valence electrons. The first-order valence-electron chi connectivity index (χ1n) is 4.72. The molecule has 0 saturated carbocycles. The monoisotopic (exact) mass is 194 g/mol. The third kappa shape index (κ3) is 2.01. The Morgan fingerprint density at radius 2 is 1.77 bits per heavy atom. The summed E-state index contributed by atoms with van der Waals surface area (Å²) in [4.78, 5) is 0. The van der Waals surface area contributed by atoms with Crippen molar-refractivity contribution in [2.24, 2.45) is 5.92 Å². The van der Waals surface area contributed by atoms with Crippen molar-refractivity contribution < 1.29 is 4.43 Å². The first-order valence-corrected chi connectivity index (χ1v) is 5.53. The minimum Gasteiger partial charge on any atom is -0.418 e. The summed E-state index contributed by atoms with van der Waals surface area (Å²) in [5.41, 5.74) is 1.17. The minimum absolute atomic E-state index is 0.104. The third-order valence-corrected chi connectivity index (χ3v) is 3.72. The van der Waals surface area contributed by atoms with Crippen LogP contribution in [-0.4, -0.2) is 10.5 Å². The minimum atomic E-state index is -0.104. The van der Waals surface area contributed by atoms with E-state index >= 15 is 0 Å². The van der Waals surface area contributed by atoms with E-state index in [4.69, 9.17) is 4.43 Å². The molecule has 0 aliphatic heterocycles. The standard InChI is InChI=1S/C11H18OSi/c1-9(2)11(3,12-13)10-7-5-4-6-8-10/h4-9H,1-3,13H3. The first-order chi connectivity index (χ1) is 6.11. The molecule has 0 fully saturated rings. The van der Waals surface area contributed by atoms with Gasteiger partial charge in [-0.25, -0.2) is 0 Å². The van der Waals surface area contributed by atoms with Crippen LogP contribution < -0.4 is 0 Å². The molecule has 0 aliphatic rings. The van der Waals surface area contributed by atoms with Gasteiger partial charge in [0, 0.05) is 0 Å². The molecule has 1 unspecified atom stereocenters. The molecule has 13 heavy (non-hydrogen) atoms. The Labute approximate surface area is 83.7 Å². The summed E-state index contributed by atoms with van der Waals surface area (Å²) >= 11 is 0. The number of rotatable bonds is 3. The zero-order valence-corrected chi connectivity index (χ0v) is 10.9. The lowest BCUT2D eigenvalue weighted by Gasteiger charge is -2.33. The SMILES string of the molecule is CC(C)C(C)(O[SiH3])c1ccccc1. The van der Waals surface area contributed by atoms with Crippen LogP contribution in [0.3, 0.4) is 0 Å². The van der Waals surface area contributed by atoms with Crippen molar-refractivity contribution in [1.29, 1.82) is 0 Å². The first kappa shape index (κ1) is 10.5. The predicted molar refractivity (Wildman–Crippen MR) is 59.7 cm³/mol. The molecule has 0 radical (unpaired) electrons. The van der Waals surface area contributed by atoms with Gasteiger partial charge in [-0.2, -0.15) is 0 Å². The predicted octanol–water partition coefficient (Wildman–Crippen LogP) is 1.85. The zero-order chi connectivity index (χ0) is 9.90. The van der Waals surface area contributed by atoms with E-state index in [1.807, 2.05) is 6.07 Å². The second-order valence-electron chi connectivity index (χ2n) is 3.83. The second-order valence-corrected chi connectivity index (χ2v) is 4.24. The van der Waals surface area contributed by atoms with Gasteiger partial charge in [0.1, 0.15) is 10.5 Å². The Hall–Kier alpha value is -0.603. The van der Waals surface area contributed by atoms with Crippen LogP contribution in [-0.2, 0) is 10.0 Å². The second kappa shape index (κ2) is 4.07. The van der Waals surface area contributed by atoms with Crippen molar-refractivity contribution in [1.82, 2.24) is 0 Å². The van der Waals surface area contributed by atoms with Crippen molar-refractivity contribution in [2.45, 2.75) is 26.4 Å². The molecule has 0 heterocycles. The maximum absolute atomic E-state index is 5.72. The Kier molecular flexibility index (Phi) is 3.28. The van der Waals surface area contributed by atoms with Gasteiger partial charge < -0.3 is 4.43 Å². The Morgan fingerprint density at radius 1 is 1.23 bits per heavy atom. The van der Waals surface area contributed by atoms with Crippen LogP contribution in [0.25, 0.3) is 0 Å². The van der Waals surface area contributed by atoms with E-state index < -0.39 is 0 Å². The molecule has 1 rings (SSSR count). The fourth-order valence-electron chi connectivity index (χ4n) is 1.46. The van der Waals surface area contributed by atoms with Gasteiger partial charge in [0.15, 0.2) is 0 Å². The van der Waals surface area contributed by atoms with Gasteiger partial charge in [-0.05, 0) is 18.4 Å². The summed E-state index contributed by atoms with van der Waals surface area (Å²) in [7, 11) is 0.779. The van der Waals surface area contributed by atoms with Gasteiger partial charge in [-0.3, -0.25) is 0 Å². The molecule has 0 amide bonds. The molecule has 0 bridgehead atoms. The van der Waals surface area contributed by atoms with E-state index in [1.165, 1.54) is 5.56 Å². The number of benzene rings is 1. The molecule has 1 aromatic carbocycles. The highest BCUT2D eigenvalue weighted by molar-refractivity contribution is 5.98. The lowest BCUT2D eigenvalue weighted by atomic mass is 9.85. The van der Waals surface area contributed by atoms with Crippen molar-refractivity contribution in [3.63, 3.8) is 0 Å². The Morgan fingerprint density at radius 3 is 2.15 bits per heavy atom. The number of hydrogen-bond acceptors (Lipinski definition) is 1. The van der Waals surface area contributed by atoms with Crippen molar-refractivity contribution in [3.8, 4) is 0 Å². The number of hydrogen-bond donors (Lipinski definition) is 0. The van der Waals surface area contributed by atoms with Gasteiger partial charge in [0.2, 0.25) is 0 Å². The molecule has 0 aromatic heterocycles. The quantitative estimate of drug-likeness (QED) is 0.667. The molecule has 0 saturated heterocycles. The van der Waals surface area contributed by atoms with Gasteiger partial charge in [-0.15, -0.1) is 0 Å². The molecule has 2 heteroatoms. The van der Waals surface area contributed by atoms with Crippen LogP contribution in [0.5, 0.6) is 0 Å². The van der Waals surface area contributed by atoms with Crippen LogP contribution in [0.4, 0.5) is 0 Å². The van der Waals surface area contributed by atoms with Gasteiger partial charge in [0.05, 0.1) is 5.60 Å². The highest BCUT2D eigenvalue weighted by Crippen LogP contribution is 2.31. The van der Waals surface area contributed by atoms with Crippen molar-refractivity contribution >= 4 is 10.5 Å². The highest BCUT2D eigenvalue weighted by atomic mass is 28.2. The maximum atomic E-state index is 5.72. The summed E-state index contributed by atoms with van der Waals surface area (Å²) in [5.74, 6) is 0.507. The lowest BCUT2D eigenvalue weighted by Crippen LogP contribution is -2.31. The van der Waals surface area contributed by atoms with Gasteiger partial charge in [0.25, 0.3) is 0 Å². The van der Waals surface area contributed by atoms with Crippen molar-refractivity contribution in [3.05, 3.63) is 35.9 Å². The maximum Gasteiger partial charge on any atom is 0.147 e. The van der Waals surface area contributed by atoms with E-state index in [2.05, 4.69) is 45.0 Å². The fraction of sp³-hybridized carbons (Fsp3) is 0.455. The average molecular weight is 194 g/mol. The molecular weight excluding hydrogens is 176 g/mol. The summed E-state index contributed by atoms with van der Waals surface area (Å²) in [6.07, 6.45) is 0. The van der Waals surface area contributed by atoms with Crippen molar-refractivity contribution in [2.75, 3.05) is 0 Å². The van der Waals surface area contributed by atoms with Crippen LogP contribution in [0.2, 0.25) is 0 Å². The summed E-state index contributed by atoms with van der Waals surface area (Å²) < 4.78 is 5.72. The van der Waals surface area contributed by atoms with E-state index in [0.717, 1.165) is 10.5 Å². The van der Waals surface area contributed by atoms with E-state index in [-0.39, 0.29) is 5.60 Å². The Bertz CT molecular complexity index is 258. The molecule has 0 N–H and O–H groups in total. The topological polar surface area (TPSA) is 9.23 Å². The Balaban J connectivity index is 3.03. The smallest absolute Gasteiger partial charge is 0.147 e. The molecular formula is C11H18OSi. The molecule has 0 spiro atoms. The van der Waals surface area contributed by atoms with E-state index in [0.29, 0.717) is 5.92 Å². The molecule has 1 aromatic rings. The zero-order valence-electron chi connectivity index (χ0n) is 8.87. The van der Waals surface area contributed by atoms with E-state index in [9.17, 15) is 0 Å². The van der Waals surface area contributed by atoms with Crippen LogP contribution in [0, 0.1) is 5.92 Å². The van der Waals surface area contributed by atoms with E-state index in [1.54, 1.807) is 0 Å². The van der Waals surface area contributed by atoms with Gasteiger partial charge in [-0.1, -0.05) is 44.2 Å². The van der Waals surface area contributed by atoms with Crippen LogP contribution in [0.1, 0.15) is 26.3 Å². The normalized spacial score (nSPS) is 16.0. The summed E-state index contributed by atoms with van der Waals surface area (Å²) in [6, 6.07) is 10.4. The summed E-state index contributed by atoms with van der Waals surface area (Å²) in [6.45, 7) is 6.57.